The lowest BCUT2D eigenvalue weighted by Gasteiger charge is -2.13. The van der Waals surface area contributed by atoms with Crippen LogP contribution in [0.25, 0.3) is 6.08 Å². The van der Waals surface area contributed by atoms with Crippen LogP contribution in [0.3, 0.4) is 0 Å². The minimum atomic E-state index is -4.44. The first-order valence-corrected chi connectivity index (χ1v) is 9.84. The molecule has 2 aromatic rings. The second kappa shape index (κ2) is 9.40. The number of thiocarbonyl (C=S) groups is 1. The number of methoxy groups -OCH3 is 1. The second-order valence-corrected chi connectivity index (χ2v) is 7.70. The van der Waals surface area contributed by atoms with E-state index in [2.05, 4.69) is 5.32 Å². The molecule has 0 unspecified atom stereocenters. The largest absolute Gasteiger partial charge is 0.497 e. The molecule has 0 atom stereocenters. The molecule has 1 fully saturated rings. The number of carbonyl (C=O) groups excluding carboxylic acids is 1. The summed E-state index contributed by atoms with van der Waals surface area (Å²) in [4.78, 5) is 12.3. The Hall–Kier alpha value is -2.72. The second-order valence-electron chi connectivity index (χ2n) is 5.98. The number of alkyl halides is 3. The Bertz CT molecular complexity index is 992. The first kappa shape index (κ1) is 22.0. The normalized spacial score (nSPS) is 15.3. The Balaban J connectivity index is 1.66. The van der Waals surface area contributed by atoms with Crippen LogP contribution >= 0.6 is 24.0 Å². The molecule has 0 aromatic heterocycles. The molecule has 0 aliphatic carbocycles. The van der Waals surface area contributed by atoms with Crippen molar-refractivity contribution in [1.82, 2.24) is 5.32 Å². The van der Waals surface area contributed by atoms with Crippen molar-refractivity contribution in [3.05, 3.63) is 58.5 Å². The Kier molecular flexibility index (Phi) is 6.88. The Morgan fingerprint density at radius 2 is 1.87 bits per heavy atom. The minimum Gasteiger partial charge on any atom is -0.497 e. The minimum absolute atomic E-state index is 0.0304. The van der Waals surface area contributed by atoms with Gasteiger partial charge in [0.05, 0.1) is 17.6 Å². The molecule has 0 saturated carbocycles. The first-order chi connectivity index (χ1) is 14.3. The van der Waals surface area contributed by atoms with Crippen LogP contribution in [0.4, 0.5) is 13.2 Å². The molecule has 1 N–H and O–H groups in total. The lowest BCUT2D eigenvalue weighted by Crippen LogP contribution is -2.17. The van der Waals surface area contributed by atoms with E-state index in [0.29, 0.717) is 26.3 Å². The monoisotopic (exact) mass is 455 g/mol. The summed E-state index contributed by atoms with van der Waals surface area (Å²) in [6.45, 7) is 0.110. The molecule has 5 nitrogen and oxygen atoms in total. The average Bonchev–Trinajstić information content (AvgIpc) is 3.02. The van der Waals surface area contributed by atoms with Crippen molar-refractivity contribution in [2.45, 2.75) is 6.18 Å². The highest BCUT2D eigenvalue weighted by molar-refractivity contribution is 8.26. The van der Waals surface area contributed by atoms with E-state index in [9.17, 15) is 18.0 Å². The van der Waals surface area contributed by atoms with Crippen LogP contribution in [0, 0.1) is 0 Å². The summed E-state index contributed by atoms with van der Waals surface area (Å²) >= 11 is 6.12. The van der Waals surface area contributed by atoms with Crippen LogP contribution in [0.2, 0.25) is 0 Å². The van der Waals surface area contributed by atoms with E-state index in [1.807, 2.05) is 0 Å². The lowest BCUT2D eigenvalue weighted by molar-refractivity contribution is -0.137. The quantitative estimate of drug-likeness (QED) is 0.372. The highest BCUT2D eigenvalue weighted by Crippen LogP contribution is 2.32. The molecule has 1 aliphatic rings. The van der Waals surface area contributed by atoms with Gasteiger partial charge < -0.3 is 19.5 Å². The molecule has 3 rings (SSSR count). The van der Waals surface area contributed by atoms with Gasteiger partial charge in [0, 0.05) is 5.56 Å². The highest BCUT2D eigenvalue weighted by Gasteiger charge is 2.30. The van der Waals surface area contributed by atoms with E-state index >= 15 is 0 Å². The number of hydrogen-bond donors (Lipinski definition) is 1. The van der Waals surface area contributed by atoms with Crippen LogP contribution in [0.15, 0.2) is 47.4 Å². The molecule has 30 heavy (non-hydrogen) atoms. The van der Waals surface area contributed by atoms with Gasteiger partial charge >= 0.3 is 6.18 Å². The molecule has 0 spiro atoms. The number of ether oxygens (including phenoxy) is 3. The van der Waals surface area contributed by atoms with Crippen LogP contribution < -0.4 is 19.5 Å². The third-order valence-corrected chi connectivity index (χ3v) is 5.08. The van der Waals surface area contributed by atoms with Crippen molar-refractivity contribution >= 4 is 40.3 Å². The van der Waals surface area contributed by atoms with Crippen molar-refractivity contribution in [3.63, 3.8) is 0 Å². The van der Waals surface area contributed by atoms with Gasteiger partial charge in [-0.3, -0.25) is 4.79 Å². The van der Waals surface area contributed by atoms with Gasteiger partial charge in [0.25, 0.3) is 5.91 Å². The van der Waals surface area contributed by atoms with Crippen LogP contribution in [-0.2, 0) is 11.0 Å². The predicted octanol–water partition coefficient (Wildman–Crippen LogP) is 4.66. The summed E-state index contributed by atoms with van der Waals surface area (Å²) in [5, 5.41) is 2.54. The molecule has 1 heterocycles. The smallest absolute Gasteiger partial charge is 0.416 e. The summed E-state index contributed by atoms with van der Waals surface area (Å²) < 4.78 is 55.0. The molecular weight excluding hydrogens is 439 g/mol. The van der Waals surface area contributed by atoms with E-state index < -0.39 is 11.7 Å². The van der Waals surface area contributed by atoms with Crippen molar-refractivity contribution in [1.29, 1.82) is 0 Å². The Morgan fingerprint density at radius 3 is 2.53 bits per heavy atom. The van der Waals surface area contributed by atoms with Gasteiger partial charge in [-0.2, -0.15) is 13.2 Å². The standard InChI is InChI=1S/C20H16F3NO4S2/c1-26-14-5-6-16(12(9-14)10-17-18(25)24-19(29)30-17)28-8-7-27-15-4-2-3-13(11-15)20(21,22)23/h2-6,9-11H,7-8H2,1H3,(H,24,25,29)/b17-10-. The topological polar surface area (TPSA) is 56.8 Å². The molecule has 0 bridgehead atoms. The van der Waals surface area contributed by atoms with Gasteiger partial charge in [-0.1, -0.05) is 30.0 Å². The highest BCUT2D eigenvalue weighted by atomic mass is 32.2. The van der Waals surface area contributed by atoms with Gasteiger partial charge in [0.1, 0.15) is 34.8 Å². The van der Waals surface area contributed by atoms with Gasteiger partial charge in [-0.05, 0) is 42.5 Å². The van der Waals surface area contributed by atoms with Crippen LogP contribution in [0.5, 0.6) is 17.2 Å². The number of benzene rings is 2. The first-order valence-electron chi connectivity index (χ1n) is 8.62. The van der Waals surface area contributed by atoms with E-state index in [0.717, 1.165) is 23.9 Å². The SMILES string of the molecule is COc1ccc(OCCOc2cccc(C(F)(F)F)c2)c(/C=C2\SC(=S)NC2=O)c1. The van der Waals surface area contributed by atoms with Crippen molar-refractivity contribution in [2.24, 2.45) is 0 Å². The molecule has 1 amide bonds. The lowest BCUT2D eigenvalue weighted by atomic mass is 10.1. The van der Waals surface area contributed by atoms with E-state index in [4.69, 9.17) is 26.4 Å². The van der Waals surface area contributed by atoms with E-state index in [-0.39, 0.29) is 24.9 Å². The van der Waals surface area contributed by atoms with Crippen molar-refractivity contribution in [3.8, 4) is 17.2 Å². The number of hydrogen-bond acceptors (Lipinski definition) is 6. The Labute approximate surface area is 180 Å². The van der Waals surface area contributed by atoms with Gasteiger partial charge in [-0.25, -0.2) is 0 Å². The maximum absolute atomic E-state index is 12.8. The van der Waals surface area contributed by atoms with Crippen LogP contribution in [0.1, 0.15) is 11.1 Å². The van der Waals surface area contributed by atoms with Crippen molar-refractivity contribution < 1.29 is 32.2 Å². The zero-order chi connectivity index (χ0) is 21.7. The van der Waals surface area contributed by atoms with Crippen LogP contribution in [-0.4, -0.2) is 30.6 Å². The molecule has 1 aliphatic heterocycles. The predicted molar refractivity (Wildman–Crippen MR) is 112 cm³/mol. The summed E-state index contributed by atoms with van der Waals surface area (Å²) in [5.74, 6) is 0.826. The fourth-order valence-corrected chi connectivity index (χ4v) is 3.57. The molecule has 158 valence electrons. The number of halogens is 3. The average molecular weight is 455 g/mol. The molecule has 1 saturated heterocycles. The maximum Gasteiger partial charge on any atom is 0.416 e. The number of amides is 1. The third-order valence-electron chi connectivity index (χ3n) is 3.92. The van der Waals surface area contributed by atoms with E-state index in [1.165, 1.54) is 19.2 Å². The Morgan fingerprint density at radius 1 is 1.10 bits per heavy atom. The zero-order valence-corrected chi connectivity index (χ0v) is 17.2. The number of nitrogens with one attached hydrogen (secondary N) is 1. The summed E-state index contributed by atoms with van der Waals surface area (Å²) in [5.41, 5.74) is -0.189. The van der Waals surface area contributed by atoms with Gasteiger partial charge in [0.15, 0.2) is 0 Å². The number of carbonyl (C=O) groups is 1. The van der Waals surface area contributed by atoms with E-state index in [1.54, 1.807) is 24.3 Å². The van der Waals surface area contributed by atoms with Crippen molar-refractivity contribution in [2.75, 3.05) is 20.3 Å². The van der Waals surface area contributed by atoms with Gasteiger partial charge in [-0.15, -0.1) is 0 Å². The fourth-order valence-electron chi connectivity index (χ4n) is 2.53. The van der Waals surface area contributed by atoms with Gasteiger partial charge in [0.2, 0.25) is 0 Å². The summed E-state index contributed by atoms with van der Waals surface area (Å²) in [7, 11) is 1.52. The number of thioether (sulfide) groups is 1. The summed E-state index contributed by atoms with van der Waals surface area (Å²) in [6, 6.07) is 9.69. The molecule has 2 aromatic carbocycles. The fraction of sp³-hybridized carbons (Fsp3) is 0.200. The maximum atomic E-state index is 12.8. The zero-order valence-electron chi connectivity index (χ0n) is 15.6. The molecule has 10 heteroatoms. The third kappa shape index (κ3) is 5.67. The molecule has 0 radical (unpaired) electrons. The summed E-state index contributed by atoms with van der Waals surface area (Å²) in [6.07, 6.45) is -2.81. The number of rotatable bonds is 7. The molecular formula is C20H16F3NO4S2.